The molecule has 0 aromatic heterocycles. The molecular weight excluding hydrogens is 591 g/mol. The Kier molecular flexibility index (Phi) is 13.6. The number of hydrogen-bond acceptors (Lipinski definition) is 9. The number of nitrogens with two attached hydrogens (primary N) is 1. The maximum atomic E-state index is 12.7. The van der Waals surface area contributed by atoms with Crippen LogP contribution < -0.4 is 29.4 Å². The number of halogens is 2. The smallest absolute Gasteiger partial charge is 0.262 e. The molecule has 0 aliphatic carbocycles. The van der Waals surface area contributed by atoms with Crippen LogP contribution in [0.2, 0.25) is 10.0 Å². The molecule has 10 nitrogen and oxygen atoms in total. The quantitative estimate of drug-likeness (QED) is 0.253. The second-order valence-electron chi connectivity index (χ2n) is 9.26. The lowest BCUT2D eigenvalue weighted by molar-refractivity contribution is 0.261. The van der Waals surface area contributed by atoms with E-state index in [1.807, 2.05) is 38.0 Å². The van der Waals surface area contributed by atoms with Gasteiger partial charge in [0.15, 0.2) is 11.5 Å². The highest BCUT2D eigenvalue weighted by atomic mass is 35.5. The number of nitrogen functional groups attached to an aromatic ring is 1. The lowest BCUT2D eigenvalue weighted by Crippen LogP contribution is -2.19. The van der Waals surface area contributed by atoms with Gasteiger partial charge in [0, 0.05) is 37.0 Å². The second-order valence-corrected chi connectivity index (χ2v) is 11.8. The molecule has 3 aromatic carbocycles. The van der Waals surface area contributed by atoms with Gasteiger partial charge in [0.1, 0.15) is 24.7 Å². The predicted octanol–water partition coefficient (Wildman–Crippen LogP) is 4.96. The van der Waals surface area contributed by atoms with Crippen molar-refractivity contribution in [2.45, 2.75) is 4.90 Å². The van der Waals surface area contributed by atoms with Crippen molar-refractivity contribution >= 4 is 44.6 Å². The first-order chi connectivity index (χ1) is 19.4. The molecule has 41 heavy (non-hydrogen) atoms. The van der Waals surface area contributed by atoms with E-state index in [4.69, 9.17) is 47.9 Å². The molecular formula is C28H38Cl2N4O6S. The first kappa shape index (κ1) is 34.1. The van der Waals surface area contributed by atoms with Crippen LogP contribution in [0.5, 0.6) is 23.0 Å². The van der Waals surface area contributed by atoms with E-state index in [1.54, 1.807) is 36.4 Å². The molecule has 0 bridgehead atoms. The van der Waals surface area contributed by atoms with Crippen molar-refractivity contribution in [1.29, 1.82) is 0 Å². The molecule has 13 heteroatoms. The summed E-state index contributed by atoms with van der Waals surface area (Å²) in [7, 11) is 6.94. The zero-order chi connectivity index (χ0) is 30.6. The van der Waals surface area contributed by atoms with Gasteiger partial charge in [-0.25, -0.2) is 8.42 Å². The van der Waals surface area contributed by atoms with Crippen molar-refractivity contribution in [3.05, 3.63) is 64.6 Å². The summed E-state index contributed by atoms with van der Waals surface area (Å²) in [5.41, 5.74) is 6.61. The molecule has 0 spiro atoms. The summed E-state index contributed by atoms with van der Waals surface area (Å²) in [4.78, 5) is 4.06. The fourth-order valence-corrected chi connectivity index (χ4v) is 4.59. The predicted molar refractivity (Wildman–Crippen MR) is 166 cm³/mol. The highest BCUT2D eigenvalue weighted by molar-refractivity contribution is 7.92. The highest BCUT2D eigenvalue weighted by Gasteiger charge is 2.18. The third-order valence-corrected chi connectivity index (χ3v) is 7.40. The lowest BCUT2D eigenvalue weighted by Gasteiger charge is -2.14. The van der Waals surface area contributed by atoms with Gasteiger partial charge in [-0.2, -0.15) is 0 Å². The number of sulfonamides is 1. The van der Waals surface area contributed by atoms with E-state index in [0.717, 1.165) is 6.54 Å². The number of ether oxygens (including phenoxy) is 4. The zero-order valence-electron chi connectivity index (χ0n) is 24.1. The van der Waals surface area contributed by atoms with E-state index < -0.39 is 10.0 Å². The Morgan fingerprint density at radius 3 is 1.80 bits per heavy atom. The van der Waals surface area contributed by atoms with E-state index in [-0.39, 0.29) is 4.90 Å². The number of methoxy groups -OCH3 is 2. The number of hydrogen-bond donors (Lipinski definition) is 2. The molecule has 0 saturated heterocycles. The fourth-order valence-electron chi connectivity index (χ4n) is 3.18. The Labute approximate surface area is 252 Å². The van der Waals surface area contributed by atoms with Gasteiger partial charge < -0.3 is 34.5 Å². The molecule has 0 saturated carbocycles. The monoisotopic (exact) mass is 628 g/mol. The van der Waals surface area contributed by atoms with E-state index in [0.29, 0.717) is 64.2 Å². The molecule has 0 heterocycles. The van der Waals surface area contributed by atoms with Crippen LogP contribution in [0.15, 0.2) is 59.5 Å². The molecule has 0 aliphatic rings. The number of nitrogens with zero attached hydrogens (tertiary/aromatic N) is 2. The summed E-state index contributed by atoms with van der Waals surface area (Å²) < 4.78 is 49.3. The van der Waals surface area contributed by atoms with Crippen molar-refractivity contribution in [3.8, 4) is 23.0 Å². The van der Waals surface area contributed by atoms with Crippen molar-refractivity contribution in [2.24, 2.45) is 0 Å². The van der Waals surface area contributed by atoms with Crippen LogP contribution >= 0.6 is 23.2 Å². The Bertz CT molecular complexity index is 1370. The van der Waals surface area contributed by atoms with Crippen LogP contribution in [-0.4, -0.2) is 86.9 Å². The minimum absolute atomic E-state index is 0.0465. The number of anilines is 2. The van der Waals surface area contributed by atoms with E-state index in [1.165, 1.54) is 32.4 Å². The summed E-state index contributed by atoms with van der Waals surface area (Å²) in [5.74, 6) is 1.82. The molecule has 0 amide bonds. The van der Waals surface area contributed by atoms with Crippen LogP contribution in [-0.2, 0) is 10.0 Å². The van der Waals surface area contributed by atoms with Gasteiger partial charge in [0.2, 0.25) is 0 Å². The van der Waals surface area contributed by atoms with E-state index in [9.17, 15) is 8.42 Å². The Hall–Kier alpha value is -3.09. The average Bonchev–Trinajstić information content (AvgIpc) is 2.91. The highest BCUT2D eigenvalue weighted by Crippen LogP contribution is 2.32. The maximum Gasteiger partial charge on any atom is 0.262 e. The first-order valence-corrected chi connectivity index (χ1v) is 14.7. The van der Waals surface area contributed by atoms with Gasteiger partial charge >= 0.3 is 0 Å². The summed E-state index contributed by atoms with van der Waals surface area (Å²) in [6.45, 7) is 2.60. The van der Waals surface area contributed by atoms with Crippen LogP contribution in [0.25, 0.3) is 0 Å². The van der Waals surface area contributed by atoms with E-state index in [2.05, 4.69) is 4.72 Å². The van der Waals surface area contributed by atoms with Crippen molar-refractivity contribution in [1.82, 2.24) is 9.80 Å². The number of rotatable bonds is 13. The largest absolute Gasteiger partial charge is 0.493 e. The fraction of sp³-hybridized carbons (Fsp3) is 0.357. The molecule has 3 aromatic rings. The van der Waals surface area contributed by atoms with Crippen LogP contribution in [0.3, 0.4) is 0 Å². The molecule has 3 rings (SSSR count). The minimum Gasteiger partial charge on any atom is -0.493 e. The first-order valence-electron chi connectivity index (χ1n) is 12.5. The molecule has 3 N–H and O–H groups in total. The molecule has 0 radical (unpaired) electrons. The summed E-state index contributed by atoms with van der Waals surface area (Å²) >= 11 is 12.0. The standard InChI is InChI=1S/C18H23ClN2O5S.C10H15ClN2O/c1-21(2)9-10-26-17-11-13(5-7-15(17)19)20-27(22,23)14-6-8-16(24-3)18(12-14)25-4;1-13(2)5-6-14-10-7-8(12)3-4-9(10)11/h5-8,11-12,20H,9-10H2,1-4H3;3-4,7H,5-6,12H2,1-2H3. The van der Waals surface area contributed by atoms with Crippen LogP contribution in [0.1, 0.15) is 0 Å². The molecule has 0 fully saturated rings. The molecule has 0 unspecified atom stereocenters. The van der Waals surface area contributed by atoms with Crippen LogP contribution in [0, 0.1) is 0 Å². The Morgan fingerprint density at radius 1 is 0.732 bits per heavy atom. The van der Waals surface area contributed by atoms with Crippen LogP contribution in [0.4, 0.5) is 11.4 Å². The van der Waals surface area contributed by atoms with Gasteiger partial charge in [0.25, 0.3) is 10.0 Å². The Balaban J connectivity index is 0.000000353. The van der Waals surface area contributed by atoms with E-state index >= 15 is 0 Å². The minimum atomic E-state index is -3.83. The normalized spacial score (nSPS) is 11.1. The summed E-state index contributed by atoms with van der Waals surface area (Å²) in [5, 5.41) is 1.00. The second kappa shape index (κ2) is 16.4. The zero-order valence-corrected chi connectivity index (χ0v) is 26.4. The van der Waals surface area contributed by atoms with Gasteiger partial charge in [0.05, 0.1) is 34.8 Å². The number of likely N-dealkylation sites (N-methyl/N-ethyl adjacent to an activating group) is 2. The van der Waals surface area contributed by atoms with Crippen molar-refractivity contribution in [2.75, 3.05) is 79.2 Å². The SMILES string of the molecule is CN(C)CCOc1cc(N)ccc1Cl.COc1ccc(S(=O)(=O)Nc2ccc(Cl)c(OCCN(C)C)c2)cc1OC. The molecule has 0 atom stereocenters. The maximum absolute atomic E-state index is 12.7. The summed E-state index contributed by atoms with van der Waals surface area (Å²) in [6.07, 6.45) is 0. The van der Waals surface area contributed by atoms with Gasteiger partial charge in [-0.05, 0) is 64.6 Å². The Morgan fingerprint density at radius 2 is 1.27 bits per heavy atom. The van der Waals surface area contributed by atoms with Crippen molar-refractivity contribution in [3.63, 3.8) is 0 Å². The third-order valence-electron chi connectivity index (χ3n) is 5.40. The number of nitrogens with one attached hydrogen (secondary N) is 1. The van der Waals surface area contributed by atoms with Gasteiger partial charge in [-0.15, -0.1) is 0 Å². The topological polar surface area (TPSA) is 116 Å². The lowest BCUT2D eigenvalue weighted by atomic mass is 10.3. The van der Waals surface area contributed by atoms with Crippen molar-refractivity contribution < 1.29 is 27.4 Å². The van der Waals surface area contributed by atoms with Gasteiger partial charge in [-0.1, -0.05) is 23.2 Å². The molecule has 226 valence electrons. The number of benzene rings is 3. The molecule has 0 aliphatic heterocycles. The average molecular weight is 630 g/mol. The third kappa shape index (κ3) is 11.4. The summed E-state index contributed by atoms with van der Waals surface area (Å²) in [6, 6.07) is 14.3. The van der Waals surface area contributed by atoms with Gasteiger partial charge in [-0.3, -0.25) is 4.72 Å².